The Labute approximate surface area is 91.4 Å². The molecule has 1 N–H and O–H groups in total. The van der Waals surface area contributed by atoms with Crippen molar-refractivity contribution in [2.75, 3.05) is 12.4 Å². The van der Waals surface area contributed by atoms with Crippen LogP contribution in [0.4, 0.5) is 10.1 Å². The molecule has 5 heteroatoms. The molecular weight excluding hydrogens is 213 g/mol. The number of hydrogen-bond acceptors (Lipinski definition) is 3. The van der Waals surface area contributed by atoms with Gasteiger partial charge in [-0.2, -0.15) is 0 Å². The summed E-state index contributed by atoms with van der Waals surface area (Å²) in [5, 5.41) is 2.59. The smallest absolute Gasteiger partial charge is 0.340 e. The van der Waals surface area contributed by atoms with Crippen LogP contribution in [0.25, 0.3) is 0 Å². The Balaban J connectivity index is 2.46. The van der Waals surface area contributed by atoms with Gasteiger partial charge in [-0.05, 0) is 24.1 Å². The number of esters is 1. The van der Waals surface area contributed by atoms with Gasteiger partial charge in [-0.25, -0.2) is 9.18 Å². The summed E-state index contributed by atoms with van der Waals surface area (Å²) in [7, 11) is 1.18. The Morgan fingerprint density at radius 1 is 1.44 bits per heavy atom. The zero-order chi connectivity index (χ0) is 11.7. The van der Waals surface area contributed by atoms with Gasteiger partial charge >= 0.3 is 5.97 Å². The molecule has 1 aliphatic heterocycles. The van der Waals surface area contributed by atoms with Crippen LogP contribution in [0, 0.1) is 5.82 Å². The molecule has 0 aromatic heterocycles. The molecule has 0 aliphatic carbocycles. The second-order valence-corrected chi connectivity index (χ2v) is 3.53. The Morgan fingerprint density at radius 2 is 2.19 bits per heavy atom. The first-order valence-electron chi connectivity index (χ1n) is 4.82. The summed E-state index contributed by atoms with van der Waals surface area (Å²) in [6.07, 6.45) is 0.823. The predicted molar refractivity (Wildman–Crippen MR) is 54.7 cm³/mol. The van der Waals surface area contributed by atoms with Crippen LogP contribution in [0.15, 0.2) is 12.1 Å². The van der Waals surface area contributed by atoms with E-state index in [1.165, 1.54) is 19.2 Å². The number of nitrogens with one attached hydrogen (secondary N) is 1. The van der Waals surface area contributed by atoms with E-state index in [2.05, 4.69) is 10.1 Å². The minimum Gasteiger partial charge on any atom is -0.465 e. The summed E-state index contributed by atoms with van der Waals surface area (Å²) < 4.78 is 17.9. The molecule has 0 unspecified atom stereocenters. The number of fused-ring (bicyclic) bond motifs is 1. The van der Waals surface area contributed by atoms with E-state index in [-0.39, 0.29) is 11.5 Å². The fourth-order valence-corrected chi connectivity index (χ4v) is 1.66. The largest absolute Gasteiger partial charge is 0.465 e. The van der Waals surface area contributed by atoms with Gasteiger partial charge in [0.15, 0.2) is 0 Å². The van der Waals surface area contributed by atoms with Crippen LogP contribution in [0.3, 0.4) is 0 Å². The monoisotopic (exact) mass is 223 g/mol. The highest BCUT2D eigenvalue weighted by molar-refractivity contribution is 5.97. The number of ether oxygens (including phenoxy) is 1. The van der Waals surface area contributed by atoms with E-state index < -0.39 is 11.8 Å². The maximum absolute atomic E-state index is 13.5. The molecule has 0 spiro atoms. The third-order valence-corrected chi connectivity index (χ3v) is 2.49. The lowest BCUT2D eigenvalue weighted by atomic mass is 10.0. The van der Waals surface area contributed by atoms with Crippen molar-refractivity contribution < 1.29 is 18.7 Å². The van der Waals surface area contributed by atoms with Gasteiger partial charge in [0.2, 0.25) is 5.91 Å². The first kappa shape index (κ1) is 10.6. The molecule has 1 amide bonds. The van der Waals surface area contributed by atoms with Gasteiger partial charge in [-0.1, -0.05) is 0 Å². The minimum absolute atomic E-state index is 0.130. The number of benzene rings is 1. The van der Waals surface area contributed by atoms with Crippen LogP contribution in [0.1, 0.15) is 22.3 Å². The van der Waals surface area contributed by atoms with Crippen molar-refractivity contribution in [3.05, 3.63) is 29.1 Å². The summed E-state index contributed by atoms with van der Waals surface area (Å²) in [5.41, 5.74) is 1.02. The van der Waals surface area contributed by atoms with E-state index >= 15 is 0 Å². The third kappa shape index (κ3) is 1.76. The van der Waals surface area contributed by atoms with E-state index in [0.717, 1.165) is 0 Å². The normalized spacial score (nSPS) is 14.0. The molecule has 2 rings (SSSR count). The number of methoxy groups -OCH3 is 1. The molecule has 0 fully saturated rings. The van der Waals surface area contributed by atoms with Crippen molar-refractivity contribution in [1.82, 2.24) is 0 Å². The highest BCUT2D eigenvalue weighted by atomic mass is 19.1. The molecule has 1 aromatic rings. The van der Waals surface area contributed by atoms with Gasteiger partial charge in [-0.3, -0.25) is 4.79 Å². The zero-order valence-electron chi connectivity index (χ0n) is 8.67. The van der Waals surface area contributed by atoms with Crippen LogP contribution >= 0.6 is 0 Å². The van der Waals surface area contributed by atoms with Gasteiger partial charge in [0, 0.05) is 12.1 Å². The molecule has 0 atom stereocenters. The van der Waals surface area contributed by atoms with Crippen molar-refractivity contribution >= 4 is 17.6 Å². The molecule has 1 aliphatic rings. The van der Waals surface area contributed by atoms with Crippen LogP contribution in [0.2, 0.25) is 0 Å². The van der Waals surface area contributed by atoms with Gasteiger partial charge in [0.05, 0.1) is 12.7 Å². The number of carbonyl (C=O) groups is 2. The fourth-order valence-electron chi connectivity index (χ4n) is 1.66. The maximum atomic E-state index is 13.5. The molecule has 4 nitrogen and oxygen atoms in total. The topological polar surface area (TPSA) is 55.4 Å². The molecule has 0 saturated carbocycles. The van der Waals surface area contributed by atoms with E-state index in [9.17, 15) is 14.0 Å². The highest BCUT2D eigenvalue weighted by Gasteiger charge is 2.20. The molecule has 16 heavy (non-hydrogen) atoms. The van der Waals surface area contributed by atoms with Crippen molar-refractivity contribution in [2.45, 2.75) is 12.8 Å². The lowest BCUT2D eigenvalue weighted by molar-refractivity contribution is -0.116. The van der Waals surface area contributed by atoms with E-state index in [1.807, 2.05) is 0 Å². The average Bonchev–Trinajstić information content (AvgIpc) is 2.28. The number of rotatable bonds is 1. The van der Waals surface area contributed by atoms with Gasteiger partial charge in [0.25, 0.3) is 0 Å². The van der Waals surface area contributed by atoms with Crippen molar-refractivity contribution in [3.63, 3.8) is 0 Å². The number of hydrogen-bond donors (Lipinski definition) is 1. The fraction of sp³-hybridized carbons (Fsp3) is 0.273. The SMILES string of the molecule is COC(=O)c1cc2c(cc1F)CCC(=O)N2. The Kier molecular flexibility index (Phi) is 2.60. The molecule has 0 bridgehead atoms. The second-order valence-electron chi connectivity index (χ2n) is 3.53. The number of halogens is 1. The minimum atomic E-state index is -0.750. The van der Waals surface area contributed by atoms with Crippen molar-refractivity contribution in [1.29, 1.82) is 0 Å². The molecule has 0 saturated heterocycles. The molecule has 1 aromatic carbocycles. The first-order chi connectivity index (χ1) is 7.61. The molecule has 84 valence electrons. The van der Waals surface area contributed by atoms with Crippen LogP contribution in [-0.4, -0.2) is 19.0 Å². The summed E-state index contributed by atoms with van der Waals surface area (Å²) >= 11 is 0. The lowest BCUT2D eigenvalue weighted by Crippen LogP contribution is -2.20. The quantitative estimate of drug-likeness (QED) is 0.734. The molecular formula is C11H10FNO3. The van der Waals surface area contributed by atoms with Gasteiger partial charge in [0.1, 0.15) is 5.82 Å². The summed E-state index contributed by atoms with van der Waals surface area (Å²) in [6, 6.07) is 2.58. The predicted octanol–water partition coefficient (Wildman–Crippen LogP) is 1.50. The van der Waals surface area contributed by atoms with E-state index in [0.29, 0.717) is 24.1 Å². The first-order valence-corrected chi connectivity index (χ1v) is 4.82. The zero-order valence-corrected chi connectivity index (χ0v) is 8.67. The maximum Gasteiger partial charge on any atom is 0.340 e. The average molecular weight is 223 g/mol. The number of carbonyl (C=O) groups excluding carboxylic acids is 2. The Hall–Kier alpha value is -1.91. The molecule has 1 heterocycles. The van der Waals surface area contributed by atoms with Gasteiger partial charge in [-0.15, -0.1) is 0 Å². The van der Waals surface area contributed by atoms with E-state index in [1.54, 1.807) is 0 Å². The van der Waals surface area contributed by atoms with Crippen LogP contribution in [-0.2, 0) is 16.0 Å². The summed E-state index contributed by atoms with van der Waals surface area (Å²) in [4.78, 5) is 22.4. The summed E-state index contributed by atoms with van der Waals surface area (Å²) in [5.74, 6) is -1.50. The van der Waals surface area contributed by atoms with Crippen LogP contribution in [0.5, 0.6) is 0 Å². The highest BCUT2D eigenvalue weighted by Crippen LogP contribution is 2.26. The summed E-state index contributed by atoms with van der Waals surface area (Å²) in [6.45, 7) is 0. The van der Waals surface area contributed by atoms with Crippen LogP contribution < -0.4 is 5.32 Å². The standard InChI is InChI=1S/C11H10FNO3/c1-16-11(15)7-5-9-6(4-8(7)12)2-3-10(14)13-9/h4-5H,2-3H2,1H3,(H,13,14). The number of anilines is 1. The number of amides is 1. The third-order valence-electron chi connectivity index (χ3n) is 2.49. The number of aryl methyl sites for hydroxylation is 1. The molecule has 0 radical (unpaired) electrons. The lowest BCUT2D eigenvalue weighted by Gasteiger charge is -2.17. The van der Waals surface area contributed by atoms with Crippen molar-refractivity contribution in [3.8, 4) is 0 Å². The Bertz CT molecular complexity index is 471. The second kappa shape index (κ2) is 3.92. The van der Waals surface area contributed by atoms with E-state index in [4.69, 9.17) is 0 Å². The van der Waals surface area contributed by atoms with Gasteiger partial charge < -0.3 is 10.1 Å². The van der Waals surface area contributed by atoms with Crippen molar-refractivity contribution in [2.24, 2.45) is 0 Å². The Morgan fingerprint density at radius 3 is 2.88 bits per heavy atom.